The molecule has 8 aromatic carbocycles. The number of rotatable bonds is 9. The Morgan fingerprint density at radius 3 is 1.00 bits per heavy atom. The van der Waals surface area contributed by atoms with Gasteiger partial charge in [-0.3, -0.25) is 0 Å². The number of phenolic OH excluding ortho intramolecular Hbond substituents is 2. The van der Waals surface area contributed by atoms with E-state index in [-0.39, 0.29) is 56.8 Å². The molecule has 0 spiro atoms. The quantitative estimate of drug-likeness (QED) is 0.108. The molecule has 282 valence electrons. The van der Waals surface area contributed by atoms with Gasteiger partial charge in [0.15, 0.2) is 0 Å². The summed E-state index contributed by atoms with van der Waals surface area (Å²) in [6, 6.07) is 45.3. The molecule has 0 saturated carbocycles. The molecule has 0 radical (unpaired) electrons. The molecule has 2 N–H and O–H groups in total. The van der Waals surface area contributed by atoms with Gasteiger partial charge >= 0.3 is 23.9 Å². The zero-order valence-electron chi connectivity index (χ0n) is 30.3. The number of carbonyl (C=O) groups excluding carboxylic acids is 4. The molecule has 0 aliphatic carbocycles. The highest BCUT2D eigenvalue weighted by Crippen LogP contribution is 2.46. The summed E-state index contributed by atoms with van der Waals surface area (Å²) in [6.07, 6.45) is 0. The van der Waals surface area contributed by atoms with Gasteiger partial charge in [0.25, 0.3) is 0 Å². The Morgan fingerprint density at radius 1 is 0.328 bits per heavy atom. The highest BCUT2D eigenvalue weighted by atomic mass is 16.5. The van der Waals surface area contributed by atoms with Crippen molar-refractivity contribution in [2.45, 2.75) is 0 Å². The Balaban J connectivity index is 1.09. The van der Waals surface area contributed by atoms with Gasteiger partial charge in [-0.1, -0.05) is 60.7 Å². The number of esters is 4. The smallest absolute Gasteiger partial charge is 0.343 e. The number of fused-ring (bicyclic) bond motifs is 2. The van der Waals surface area contributed by atoms with Gasteiger partial charge in [-0.25, -0.2) is 19.2 Å². The maximum atomic E-state index is 13.7. The number of hydrogen-bond acceptors (Lipinski definition) is 10. The van der Waals surface area contributed by atoms with Crippen molar-refractivity contribution in [1.29, 1.82) is 0 Å². The summed E-state index contributed by atoms with van der Waals surface area (Å²) in [7, 11) is 0. The van der Waals surface area contributed by atoms with Gasteiger partial charge in [-0.15, -0.1) is 0 Å². The predicted octanol–water partition coefficient (Wildman–Crippen LogP) is 9.95. The van der Waals surface area contributed by atoms with Crippen LogP contribution >= 0.6 is 0 Å². The highest BCUT2D eigenvalue weighted by molar-refractivity contribution is 6.11. The van der Waals surface area contributed by atoms with E-state index in [1.165, 1.54) is 97.1 Å². The fraction of sp³-hybridized carbons (Fsp3) is 0. The molecular formula is C48H30O10. The molecule has 10 heteroatoms. The monoisotopic (exact) mass is 766 g/mol. The van der Waals surface area contributed by atoms with Gasteiger partial charge in [0.1, 0.15) is 34.5 Å². The van der Waals surface area contributed by atoms with E-state index >= 15 is 0 Å². The normalized spacial score (nSPS) is 10.8. The third-order valence-corrected chi connectivity index (χ3v) is 9.24. The van der Waals surface area contributed by atoms with Crippen LogP contribution in [0, 0.1) is 0 Å². The molecule has 0 saturated heterocycles. The average molecular weight is 767 g/mol. The number of benzene rings is 8. The molecule has 0 amide bonds. The lowest BCUT2D eigenvalue weighted by molar-refractivity contribution is 0.0719. The molecule has 0 fully saturated rings. The van der Waals surface area contributed by atoms with E-state index in [1.54, 1.807) is 12.1 Å². The van der Waals surface area contributed by atoms with Crippen molar-refractivity contribution in [3.8, 4) is 45.6 Å². The van der Waals surface area contributed by atoms with Gasteiger partial charge < -0.3 is 29.2 Å². The van der Waals surface area contributed by atoms with Crippen LogP contribution in [0.1, 0.15) is 41.4 Å². The van der Waals surface area contributed by atoms with E-state index in [2.05, 4.69) is 0 Å². The number of hydrogen-bond donors (Lipinski definition) is 2. The molecule has 0 heterocycles. The summed E-state index contributed by atoms with van der Waals surface area (Å²) in [5, 5.41) is 22.2. The average Bonchev–Trinajstić information content (AvgIpc) is 3.24. The van der Waals surface area contributed by atoms with E-state index in [0.717, 1.165) is 21.5 Å². The van der Waals surface area contributed by atoms with Crippen LogP contribution in [0.25, 0.3) is 32.7 Å². The van der Waals surface area contributed by atoms with Crippen molar-refractivity contribution in [1.82, 2.24) is 0 Å². The molecule has 8 aromatic rings. The second-order valence-corrected chi connectivity index (χ2v) is 13.0. The summed E-state index contributed by atoms with van der Waals surface area (Å²) in [5.74, 6) is -1.77. The van der Waals surface area contributed by atoms with Gasteiger partial charge in [-0.2, -0.15) is 0 Å². The van der Waals surface area contributed by atoms with E-state index in [9.17, 15) is 29.4 Å². The van der Waals surface area contributed by atoms with Gasteiger partial charge in [-0.05, 0) is 131 Å². The van der Waals surface area contributed by atoms with Crippen LogP contribution < -0.4 is 18.9 Å². The first-order chi connectivity index (χ1) is 28.2. The van der Waals surface area contributed by atoms with Crippen molar-refractivity contribution in [2.24, 2.45) is 0 Å². The minimum atomic E-state index is -0.682. The Labute approximate surface area is 330 Å². The third kappa shape index (κ3) is 7.79. The van der Waals surface area contributed by atoms with Crippen molar-refractivity contribution < 1.29 is 48.3 Å². The Hall–Kier alpha value is -8.24. The van der Waals surface area contributed by atoms with Crippen LogP contribution in [-0.2, 0) is 0 Å². The van der Waals surface area contributed by atoms with Crippen molar-refractivity contribution in [2.75, 3.05) is 0 Å². The molecule has 0 aliphatic rings. The zero-order chi connectivity index (χ0) is 40.2. The van der Waals surface area contributed by atoms with E-state index in [1.807, 2.05) is 60.7 Å². The van der Waals surface area contributed by atoms with Crippen LogP contribution in [-0.4, -0.2) is 34.1 Å². The van der Waals surface area contributed by atoms with Crippen molar-refractivity contribution in [3.63, 3.8) is 0 Å². The molecule has 10 nitrogen and oxygen atoms in total. The second kappa shape index (κ2) is 15.9. The minimum Gasteiger partial charge on any atom is -0.508 e. The summed E-state index contributed by atoms with van der Waals surface area (Å²) >= 11 is 0. The summed E-state index contributed by atoms with van der Waals surface area (Å²) in [5.41, 5.74) is 1.89. The van der Waals surface area contributed by atoms with Crippen LogP contribution in [0.4, 0.5) is 0 Å². The largest absolute Gasteiger partial charge is 0.508 e. The topological polar surface area (TPSA) is 146 Å². The molecule has 0 atom stereocenters. The number of aromatic hydroxyl groups is 2. The lowest BCUT2D eigenvalue weighted by Gasteiger charge is -2.19. The zero-order valence-corrected chi connectivity index (χ0v) is 30.3. The molecular weight excluding hydrogens is 737 g/mol. The summed E-state index contributed by atoms with van der Waals surface area (Å²) in [6.45, 7) is 0. The number of phenols is 2. The lowest BCUT2D eigenvalue weighted by atomic mass is 9.92. The SMILES string of the molecule is O=C(Oc1ccc(C(=O)Oc2ccc3ccccc3c2-c2c(OC(=O)c3ccc(OC(=O)c4ccc(O)cc4)cc3)ccc3ccccc23)cc1)c1ccc(O)cc1. The first kappa shape index (κ1) is 36.7. The molecule has 58 heavy (non-hydrogen) atoms. The first-order valence-corrected chi connectivity index (χ1v) is 17.9. The molecule has 0 unspecified atom stereocenters. The Morgan fingerprint density at radius 2 is 0.638 bits per heavy atom. The minimum absolute atomic E-state index is 0.0176. The molecule has 0 aromatic heterocycles. The number of carbonyl (C=O) groups is 4. The number of ether oxygens (including phenoxy) is 4. The summed E-state index contributed by atoms with van der Waals surface area (Å²) in [4.78, 5) is 52.7. The van der Waals surface area contributed by atoms with Gasteiger partial charge in [0.05, 0.1) is 22.3 Å². The maximum Gasteiger partial charge on any atom is 0.343 e. The van der Waals surface area contributed by atoms with Gasteiger partial charge in [0.2, 0.25) is 0 Å². The van der Waals surface area contributed by atoms with Crippen molar-refractivity contribution >= 4 is 45.4 Å². The summed E-state index contributed by atoms with van der Waals surface area (Å²) < 4.78 is 23.1. The van der Waals surface area contributed by atoms with Crippen LogP contribution in [0.5, 0.6) is 34.5 Å². The maximum absolute atomic E-state index is 13.7. The molecule has 0 bridgehead atoms. The van der Waals surface area contributed by atoms with E-state index in [0.29, 0.717) is 11.1 Å². The Bertz CT molecular complexity index is 2650. The van der Waals surface area contributed by atoms with Crippen LogP contribution in [0.2, 0.25) is 0 Å². The predicted molar refractivity (Wildman–Crippen MR) is 216 cm³/mol. The molecule has 0 aliphatic heterocycles. The van der Waals surface area contributed by atoms with E-state index < -0.39 is 23.9 Å². The standard InChI is InChI=1S/C48H30O10/c49-35-19-9-31(10-20-35)45(51)55-37-23-13-33(14-24-37)47(53)57-41-27-17-29-5-1-3-7-39(29)43(41)44-40-8-4-2-6-30(40)18-28-42(44)58-48(54)34-15-25-38(26-16-34)56-46(52)32-11-21-36(50)22-12-32/h1-28,49-50H. The third-order valence-electron chi connectivity index (χ3n) is 9.24. The fourth-order valence-corrected chi connectivity index (χ4v) is 6.35. The second-order valence-electron chi connectivity index (χ2n) is 13.0. The lowest BCUT2D eigenvalue weighted by Crippen LogP contribution is -2.12. The van der Waals surface area contributed by atoms with Gasteiger partial charge in [0, 0.05) is 11.1 Å². The highest BCUT2D eigenvalue weighted by Gasteiger charge is 2.23. The molecule has 8 rings (SSSR count). The fourth-order valence-electron chi connectivity index (χ4n) is 6.35. The Kier molecular flexibility index (Phi) is 10.0. The van der Waals surface area contributed by atoms with Crippen LogP contribution in [0.3, 0.4) is 0 Å². The van der Waals surface area contributed by atoms with E-state index in [4.69, 9.17) is 18.9 Å². The van der Waals surface area contributed by atoms with Crippen LogP contribution in [0.15, 0.2) is 170 Å². The first-order valence-electron chi connectivity index (χ1n) is 17.9. The van der Waals surface area contributed by atoms with Crippen molar-refractivity contribution in [3.05, 3.63) is 192 Å².